The SMILES string of the molecule is Cc1ccccc1N1C(=O)[C@@H]2[C@H](C1=O)[C@H]1C=C[C@@H]2N(C)C1=O. The number of benzene rings is 1. The Morgan fingerprint density at radius 2 is 1.59 bits per heavy atom. The Hall–Kier alpha value is -2.43. The first kappa shape index (κ1) is 13.2. The molecule has 2 saturated heterocycles. The van der Waals surface area contributed by atoms with Crippen LogP contribution in [0.2, 0.25) is 0 Å². The smallest absolute Gasteiger partial charge is 0.240 e. The second kappa shape index (κ2) is 4.29. The largest absolute Gasteiger partial charge is 0.338 e. The average molecular weight is 296 g/mol. The quantitative estimate of drug-likeness (QED) is 0.576. The van der Waals surface area contributed by atoms with Gasteiger partial charge in [-0.25, -0.2) is 4.90 Å². The Labute approximate surface area is 128 Å². The zero-order valence-corrected chi connectivity index (χ0v) is 12.4. The normalized spacial score (nSPS) is 32.9. The molecule has 0 spiro atoms. The van der Waals surface area contributed by atoms with Crippen LogP contribution in [0.3, 0.4) is 0 Å². The third kappa shape index (κ3) is 1.46. The number of imide groups is 1. The zero-order chi connectivity index (χ0) is 15.6. The Kier molecular flexibility index (Phi) is 2.58. The maximum Gasteiger partial charge on any atom is 0.240 e. The van der Waals surface area contributed by atoms with Crippen molar-refractivity contribution in [2.24, 2.45) is 17.8 Å². The molecule has 1 aromatic rings. The van der Waals surface area contributed by atoms with E-state index in [-0.39, 0.29) is 23.8 Å². The molecule has 112 valence electrons. The van der Waals surface area contributed by atoms with Gasteiger partial charge in [0.05, 0.1) is 29.5 Å². The van der Waals surface area contributed by atoms with E-state index >= 15 is 0 Å². The molecule has 0 radical (unpaired) electrons. The molecule has 0 saturated carbocycles. The van der Waals surface area contributed by atoms with Gasteiger partial charge in [0, 0.05) is 7.05 Å². The van der Waals surface area contributed by atoms with Crippen molar-refractivity contribution in [1.82, 2.24) is 4.90 Å². The van der Waals surface area contributed by atoms with E-state index in [0.29, 0.717) is 5.69 Å². The predicted octanol–water partition coefficient (Wildman–Crippen LogP) is 1.13. The molecule has 3 heterocycles. The van der Waals surface area contributed by atoms with Gasteiger partial charge in [-0.1, -0.05) is 30.4 Å². The third-order valence-corrected chi connectivity index (χ3v) is 5.10. The van der Waals surface area contributed by atoms with Crippen molar-refractivity contribution in [3.63, 3.8) is 0 Å². The van der Waals surface area contributed by atoms with Crippen molar-refractivity contribution in [2.75, 3.05) is 11.9 Å². The summed E-state index contributed by atoms with van der Waals surface area (Å²) in [4.78, 5) is 40.9. The fourth-order valence-corrected chi connectivity index (χ4v) is 3.96. The summed E-state index contributed by atoms with van der Waals surface area (Å²) in [6, 6.07) is 7.03. The van der Waals surface area contributed by atoms with Gasteiger partial charge in [-0.05, 0) is 18.6 Å². The number of nitrogens with zero attached hydrogens (tertiary/aromatic N) is 2. The highest BCUT2D eigenvalue weighted by Crippen LogP contribution is 2.46. The summed E-state index contributed by atoms with van der Waals surface area (Å²) >= 11 is 0. The number of rotatable bonds is 1. The second-order valence-electron chi connectivity index (χ2n) is 6.20. The van der Waals surface area contributed by atoms with Crippen molar-refractivity contribution in [3.05, 3.63) is 42.0 Å². The maximum absolute atomic E-state index is 12.9. The van der Waals surface area contributed by atoms with Gasteiger partial charge in [0.15, 0.2) is 0 Å². The van der Waals surface area contributed by atoms with Crippen LogP contribution in [0.25, 0.3) is 0 Å². The number of para-hydroxylation sites is 1. The molecule has 5 nitrogen and oxygen atoms in total. The van der Waals surface area contributed by atoms with E-state index in [1.165, 1.54) is 4.90 Å². The topological polar surface area (TPSA) is 57.7 Å². The lowest BCUT2D eigenvalue weighted by molar-refractivity contribution is -0.148. The van der Waals surface area contributed by atoms with Gasteiger partial charge in [0.25, 0.3) is 0 Å². The lowest BCUT2D eigenvalue weighted by Crippen LogP contribution is -2.57. The highest BCUT2D eigenvalue weighted by Gasteiger charge is 2.61. The lowest BCUT2D eigenvalue weighted by Gasteiger charge is -2.44. The Bertz CT molecular complexity index is 739. The zero-order valence-electron chi connectivity index (χ0n) is 12.4. The number of anilines is 1. The number of hydrogen-bond acceptors (Lipinski definition) is 3. The first-order valence-corrected chi connectivity index (χ1v) is 7.41. The number of piperidine rings is 1. The molecule has 5 heteroatoms. The highest BCUT2D eigenvalue weighted by molar-refractivity contribution is 6.24. The van der Waals surface area contributed by atoms with Gasteiger partial charge in [-0.3, -0.25) is 14.4 Å². The minimum Gasteiger partial charge on any atom is -0.338 e. The molecular formula is C17H16N2O3. The van der Waals surface area contributed by atoms with E-state index in [9.17, 15) is 14.4 Å². The molecule has 3 aliphatic heterocycles. The standard InChI is InChI=1S/C17H16N2O3/c1-9-5-3-4-6-11(9)19-16(21)13-10-7-8-12(14(13)17(19)22)18(2)15(10)20/h3-8,10,12-14H,1-2H3/t10-,12+,13-,14+/m1/s1. The Morgan fingerprint density at radius 3 is 2.32 bits per heavy atom. The molecule has 1 aliphatic carbocycles. The molecule has 2 fully saturated rings. The van der Waals surface area contributed by atoms with E-state index in [4.69, 9.17) is 0 Å². The lowest BCUT2D eigenvalue weighted by atomic mass is 9.70. The molecule has 0 N–H and O–H groups in total. The van der Waals surface area contributed by atoms with E-state index in [0.717, 1.165) is 5.56 Å². The second-order valence-corrected chi connectivity index (χ2v) is 6.20. The number of likely N-dealkylation sites (N-methyl/N-ethyl adjacent to an activating group) is 1. The number of carbonyl (C=O) groups is 3. The highest BCUT2D eigenvalue weighted by atomic mass is 16.2. The minimum absolute atomic E-state index is 0.0680. The van der Waals surface area contributed by atoms with Crippen molar-refractivity contribution < 1.29 is 14.4 Å². The van der Waals surface area contributed by atoms with Crippen molar-refractivity contribution in [2.45, 2.75) is 13.0 Å². The predicted molar refractivity (Wildman–Crippen MR) is 79.8 cm³/mol. The molecule has 22 heavy (non-hydrogen) atoms. The van der Waals surface area contributed by atoms with E-state index in [1.54, 1.807) is 24.1 Å². The van der Waals surface area contributed by atoms with Crippen molar-refractivity contribution >= 4 is 23.4 Å². The van der Waals surface area contributed by atoms with Crippen LogP contribution in [-0.2, 0) is 14.4 Å². The summed E-state index contributed by atoms with van der Waals surface area (Å²) in [5.74, 6) is -2.02. The summed E-state index contributed by atoms with van der Waals surface area (Å²) in [5.41, 5.74) is 1.50. The van der Waals surface area contributed by atoms with Crippen LogP contribution in [0, 0.1) is 24.7 Å². The van der Waals surface area contributed by atoms with Crippen LogP contribution in [-0.4, -0.2) is 35.7 Å². The first-order valence-electron chi connectivity index (χ1n) is 7.41. The van der Waals surface area contributed by atoms with Crippen LogP contribution in [0.4, 0.5) is 5.69 Å². The van der Waals surface area contributed by atoms with Crippen LogP contribution >= 0.6 is 0 Å². The van der Waals surface area contributed by atoms with E-state index in [1.807, 2.05) is 31.2 Å². The Morgan fingerprint density at radius 1 is 0.909 bits per heavy atom. The molecule has 3 amide bonds. The molecule has 1 aromatic carbocycles. The van der Waals surface area contributed by atoms with Crippen LogP contribution in [0.15, 0.2) is 36.4 Å². The van der Waals surface area contributed by atoms with Crippen LogP contribution < -0.4 is 4.90 Å². The minimum atomic E-state index is -0.550. The van der Waals surface area contributed by atoms with Crippen molar-refractivity contribution in [3.8, 4) is 0 Å². The van der Waals surface area contributed by atoms with Gasteiger partial charge in [-0.15, -0.1) is 0 Å². The van der Waals surface area contributed by atoms with Gasteiger partial charge in [-0.2, -0.15) is 0 Å². The molecular weight excluding hydrogens is 280 g/mol. The van der Waals surface area contributed by atoms with Gasteiger partial charge >= 0.3 is 0 Å². The number of aryl methyl sites for hydroxylation is 1. The van der Waals surface area contributed by atoms with Crippen molar-refractivity contribution in [1.29, 1.82) is 0 Å². The summed E-state index contributed by atoms with van der Waals surface area (Å²) in [7, 11) is 1.70. The van der Waals surface area contributed by atoms with Gasteiger partial charge in [0.1, 0.15) is 0 Å². The molecule has 0 unspecified atom stereocenters. The molecule has 4 aliphatic rings. The molecule has 5 rings (SSSR count). The number of amides is 3. The average Bonchev–Trinajstić information content (AvgIpc) is 2.78. The fraction of sp³-hybridized carbons (Fsp3) is 0.353. The first-order chi connectivity index (χ1) is 10.5. The third-order valence-electron chi connectivity index (χ3n) is 5.10. The summed E-state index contributed by atoms with van der Waals surface area (Å²) in [5, 5.41) is 0. The monoisotopic (exact) mass is 296 g/mol. The summed E-state index contributed by atoms with van der Waals surface area (Å²) < 4.78 is 0. The summed E-state index contributed by atoms with van der Waals surface area (Å²) in [6.07, 6.45) is 3.68. The Balaban J connectivity index is 1.82. The number of hydrogen-bond donors (Lipinski definition) is 0. The van der Waals surface area contributed by atoms with Crippen LogP contribution in [0.5, 0.6) is 0 Å². The number of carbonyl (C=O) groups excluding carboxylic acids is 3. The number of fused-ring (bicyclic) bond motifs is 1. The molecule has 2 bridgehead atoms. The maximum atomic E-state index is 12.9. The summed E-state index contributed by atoms with van der Waals surface area (Å²) in [6.45, 7) is 1.88. The van der Waals surface area contributed by atoms with Gasteiger partial charge in [0.2, 0.25) is 17.7 Å². The fourth-order valence-electron chi connectivity index (χ4n) is 3.96. The molecule has 0 aromatic heterocycles. The van der Waals surface area contributed by atoms with Gasteiger partial charge < -0.3 is 4.90 Å². The van der Waals surface area contributed by atoms with Crippen LogP contribution in [0.1, 0.15) is 5.56 Å². The molecule has 4 atom stereocenters. The van der Waals surface area contributed by atoms with E-state index in [2.05, 4.69) is 0 Å². The van der Waals surface area contributed by atoms with E-state index < -0.39 is 17.8 Å².